The Morgan fingerprint density at radius 2 is 1.42 bits per heavy atom. The zero-order valence-corrected chi connectivity index (χ0v) is 7.18. The Balaban J connectivity index is 0.000000261. The predicted molar refractivity (Wildman–Crippen MR) is 47.7 cm³/mol. The molecule has 0 bridgehead atoms. The molecule has 3 N–H and O–H groups in total. The Hall–Kier alpha value is -1.17. The van der Waals surface area contributed by atoms with Gasteiger partial charge in [-0.2, -0.15) is 0 Å². The molecular formula is C9H15NO2. The lowest BCUT2D eigenvalue weighted by Gasteiger charge is -1.97. The maximum absolute atomic E-state index is 8.78. The van der Waals surface area contributed by atoms with Gasteiger partial charge in [0.05, 0.1) is 0 Å². The van der Waals surface area contributed by atoms with Gasteiger partial charge in [0.25, 0.3) is 0 Å². The Labute approximate surface area is 73.0 Å². The lowest BCUT2D eigenvalue weighted by molar-refractivity contribution is 0.205. The van der Waals surface area contributed by atoms with Crippen LogP contribution in [0.15, 0.2) is 0 Å². The normalized spacial score (nSPS) is 15.3. The smallest absolute Gasteiger partial charge is 0.402 e. The van der Waals surface area contributed by atoms with Crippen LogP contribution in [0, 0.1) is 11.8 Å². The van der Waals surface area contributed by atoms with Gasteiger partial charge in [-0.25, -0.2) is 4.79 Å². The lowest BCUT2D eigenvalue weighted by atomic mass is 10.1. The second-order valence-corrected chi connectivity index (χ2v) is 2.61. The minimum absolute atomic E-state index is 1.14. The Bertz CT molecular complexity index is 163. The maximum atomic E-state index is 8.78. The number of amides is 1. The fourth-order valence-electron chi connectivity index (χ4n) is 0.957. The average Bonchev–Trinajstić information content (AvgIpc) is 1.82. The first-order chi connectivity index (χ1) is 5.73. The van der Waals surface area contributed by atoms with E-state index < -0.39 is 6.09 Å². The third kappa shape index (κ3) is 11.6. The molecule has 0 radical (unpaired) electrons. The van der Waals surface area contributed by atoms with Crippen LogP contribution in [0.2, 0.25) is 0 Å². The van der Waals surface area contributed by atoms with Crippen LogP contribution in [0.5, 0.6) is 0 Å². The monoisotopic (exact) mass is 169 g/mol. The van der Waals surface area contributed by atoms with Crippen molar-refractivity contribution in [3.63, 3.8) is 0 Å². The van der Waals surface area contributed by atoms with Crippen LogP contribution in [0.1, 0.15) is 38.5 Å². The van der Waals surface area contributed by atoms with Crippen molar-refractivity contribution in [3.8, 4) is 11.8 Å². The molecule has 68 valence electrons. The summed E-state index contributed by atoms with van der Waals surface area (Å²) in [7, 11) is 0. The van der Waals surface area contributed by atoms with Crippen LogP contribution >= 0.6 is 0 Å². The van der Waals surface area contributed by atoms with E-state index in [1.54, 1.807) is 0 Å². The SMILES string of the molecule is C1#CCCCCCC1.NC(=O)O. The van der Waals surface area contributed by atoms with Gasteiger partial charge in [0.2, 0.25) is 0 Å². The van der Waals surface area contributed by atoms with E-state index >= 15 is 0 Å². The Morgan fingerprint density at radius 3 is 1.75 bits per heavy atom. The number of rotatable bonds is 0. The summed E-state index contributed by atoms with van der Waals surface area (Å²) in [6.07, 6.45) is 6.39. The summed E-state index contributed by atoms with van der Waals surface area (Å²) in [6, 6.07) is 0. The quantitative estimate of drug-likeness (QED) is 0.544. The van der Waals surface area contributed by atoms with Crippen molar-refractivity contribution < 1.29 is 9.90 Å². The molecule has 1 aliphatic rings. The van der Waals surface area contributed by atoms with Crippen LogP contribution in [-0.4, -0.2) is 11.2 Å². The summed E-state index contributed by atoms with van der Waals surface area (Å²) in [5.41, 5.74) is 4.03. The zero-order valence-electron chi connectivity index (χ0n) is 7.18. The van der Waals surface area contributed by atoms with Gasteiger partial charge in [-0.1, -0.05) is 12.8 Å². The molecule has 0 atom stereocenters. The van der Waals surface area contributed by atoms with Crippen molar-refractivity contribution in [1.29, 1.82) is 0 Å². The highest BCUT2D eigenvalue weighted by molar-refractivity contribution is 5.61. The van der Waals surface area contributed by atoms with Gasteiger partial charge in [0, 0.05) is 12.8 Å². The summed E-state index contributed by atoms with van der Waals surface area (Å²) < 4.78 is 0. The van der Waals surface area contributed by atoms with E-state index in [1.165, 1.54) is 25.7 Å². The summed E-state index contributed by atoms with van der Waals surface area (Å²) in [6.45, 7) is 0. The average molecular weight is 169 g/mol. The third-order valence-electron chi connectivity index (χ3n) is 1.48. The maximum Gasteiger partial charge on any atom is 0.402 e. The van der Waals surface area contributed by atoms with Gasteiger partial charge in [0.15, 0.2) is 0 Å². The van der Waals surface area contributed by atoms with Crippen molar-refractivity contribution in [3.05, 3.63) is 0 Å². The minimum atomic E-state index is -1.33. The standard InChI is InChI=1S/C8H12.CH3NO2/c1-2-4-6-8-7-5-3-1;2-1(3)4/h1-6H2;2H2,(H,3,4). The first-order valence-electron chi connectivity index (χ1n) is 4.17. The number of primary amides is 1. The van der Waals surface area contributed by atoms with E-state index in [1.807, 2.05) is 0 Å². The van der Waals surface area contributed by atoms with Gasteiger partial charge in [0.1, 0.15) is 0 Å². The second kappa shape index (κ2) is 7.93. The highest BCUT2D eigenvalue weighted by Crippen LogP contribution is 2.06. The van der Waals surface area contributed by atoms with Crippen LogP contribution in [0.3, 0.4) is 0 Å². The van der Waals surface area contributed by atoms with Crippen molar-refractivity contribution in [2.45, 2.75) is 38.5 Å². The topological polar surface area (TPSA) is 63.3 Å². The molecule has 1 aliphatic carbocycles. The van der Waals surface area contributed by atoms with E-state index in [2.05, 4.69) is 17.6 Å². The molecule has 0 unspecified atom stereocenters. The molecule has 0 saturated heterocycles. The van der Waals surface area contributed by atoms with Gasteiger partial charge >= 0.3 is 6.09 Å². The van der Waals surface area contributed by atoms with Crippen LogP contribution in [-0.2, 0) is 0 Å². The second-order valence-electron chi connectivity index (χ2n) is 2.61. The highest BCUT2D eigenvalue weighted by atomic mass is 16.4. The molecule has 0 aliphatic heterocycles. The van der Waals surface area contributed by atoms with E-state index in [0.29, 0.717) is 0 Å². The van der Waals surface area contributed by atoms with E-state index in [9.17, 15) is 0 Å². The summed E-state index contributed by atoms with van der Waals surface area (Å²) in [5, 5.41) is 7.19. The fraction of sp³-hybridized carbons (Fsp3) is 0.667. The first-order valence-corrected chi connectivity index (χ1v) is 4.17. The van der Waals surface area contributed by atoms with Crippen LogP contribution in [0.25, 0.3) is 0 Å². The predicted octanol–water partition coefficient (Wildman–Crippen LogP) is 1.97. The van der Waals surface area contributed by atoms with Crippen LogP contribution < -0.4 is 5.73 Å². The highest BCUT2D eigenvalue weighted by Gasteiger charge is 1.89. The Kier molecular flexibility index (Phi) is 7.16. The summed E-state index contributed by atoms with van der Waals surface area (Å²) in [4.78, 5) is 8.78. The Morgan fingerprint density at radius 1 is 1.08 bits per heavy atom. The van der Waals surface area contributed by atoms with Crippen molar-refractivity contribution in [2.75, 3.05) is 0 Å². The van der Waals surface area contributed by atoms with Crippen molar-refractivity contribution >= 4 is 6.09 Å². The van der Waals surface area contributed by atoms with Gasteiger partial charge < -0.3 is 10.8 Å². The molecule has 1 amide bonds. The number of nitrogens with two attached hydrogens (primary N) is 1. The molecule has 0 heterocycles. The van der Waals surface area contributed by atoms with E-state index in [0.717, 1.165) is 12.8 Å². The number of hydrogen-bond donors (Lipinski definition) is 2. The zero-order chi connectivity index (χ0) is 9.23. The third-order valence-corrected chi connectivity index (χ3v) is 1.48. The number of carbonyl (C=O) groups is 1. The van der Waals surface area contributed by atoms with E-state index in [4.69, 9.17) is 9.90 Å². The van der Waals surface area contributed by atoms with Gasteiger partial charge in [-0.05, 0) is 12.8 Å². The number of hydrogen-bond acceptors (Lipinski definition) is 1. The van der Waals surface area contributed by atoms with E-state index in [-0.39, 0.29) is 0 Å². The summed E-state index contributed by atoms with van der Waals surface area (Å²) >= 11 is 0. The van der Waals surface area contributed by atoms with Gasteiger partial charge in [-0.3, -0.25) is 0 Å². The molecule has 0 fully saturated rings. The molecule has 1 rings (SSSR count). The minimum Gasteiger partial charge on any atom is -0.465 e. The molecule has 3 nitrogen and oxygen atoms in total. The molecule has 12 heavy (non-hydrogen) atoms. The van der Waals surface area contributed by atoms with Crippen molar-refractivity contribution in [2.24, 2.45) is 5.73 Å². The largest absolute Gasteiger partial charge is 0.465 e. The van der Waals surface area contributed by atoms with Gasteiger partial charge in [-0.15, -0.1) is 11.8 Å². The molecule has 0 aromatic heterocycles. The molecule has 0 aromatic carbocycles. The molecule has 3 heteroatoms. The van der Waals surface area contributed by atoms with Crippen LogP contribution in [0.4, 0.5) is 4.79 Å². The molecule has 0 saturated carbocycles. The first kappa shape index (κ1) is 10.8. The molecular weight excluding hydrogens is 154 g/mol. The van der Waals surface area contributed by atoms with Crippen molar-refractivity contribution in [1.82, 2.24) is 0 Å². The fourth-order valence-corrected chi connectivity index (χ4v) is 0.957. The molecule has 0 spiro atoms. The molecule has 0 aromatic rings. The number of carboxylic acid groups (broad SMARTS) is 1. The lowest BCUT2D eigenvalue weighted by Crippen LogP contribution is -2.03. The summed E-state index contributed by atoms with van der Waals surface area (Å²) in [5.74, 6) is 6.27.